The van der Waals surface area contributed by atoms with Crippen LogP contribution in [0.25, 0.3) is 120 Å². The van der Waals surface area contributed by atoms with Crippen LogP contribution in [0.15, 0.2) is 443 Å². The molecular weight excluding hydrogens is 1430 g/mol. The van der Waals surface area contributed by atoms with Gasteiger partial charge >= 0.3 is 0 Å². The van der Waals surface area contributed by atoms with Gasteiger partial charge in [0.2, 0.25) is 0 Å². The first-order chi connectivity index (χ1) is 57.2. The average molecular weight is 1510 g/mol. The Bertz CT molecular complexity index is 6790. The zero-order chi connectivity index (χ0) is 78.1. The molecule has 0 aliphatic heterocycles. The topological polar surface area (TPSA) is 29.3 Å². The van der Waals surface area contributed by atoms with E-state index in [9.17, 15) is 0 Å². The van der Waals surface area contributed by atoms with Crippen molar-refractivity contribution in [3.8, 4) is 55.6 Å². The molecule has 5 radical (unpaired) electrons. The van der Waals surface area contributed by atoms with Crippen molar-refractivity contribution in [1.29, 1.82) is 0 Å². The van der Waals surface area contributed by atoms with Crippen LogP contribution < -0.4 is 10.6 Å². The third kappa shape index (κ3) is 13.5. The smallest absolute Gasteiger partial charge is 0.0714 e. The molecule has 0 unspecified atom stereocenters. The highest BCUT2D eigenvalue weighted by Gasteiger charge is 2.48. The van der Waals surface area contributed by atoms with Crippen molar-refractivity contribution in [2.45, 2.75) is 18.3 Å². The van der Waals surface area contributed by atoms with Crippen LogP contribution in [0.2, 0.25) is 5.02 Å². The number of halogens is 1. The second kappa shape index (κ2) is 32.1. The van der Waals surface area contributed by atoms with Crippen molar-refractivity contribution in [1.82, 2.24) is 0 Å². The summed E-state index contributed by atoms with van der Waals surface area (Å²) >= 11 is 5.96. The molecule has 0 amide bonds. The van der Waals surface area contributed by atoms with Gasteiger partial charge in [0.25, 0.3) is 0 Å². The molecule has 0 heterocycles. The Balaban J connectivity index is 0.000000162. The van der Waals surface area contributed by atoms with Crippen molar-refractivity contribution in [3.63, 3.8) is 0 Å². The lowest BCUT2D eigenvalue weighted by Crippen LogP contribution is -2.28. The van der Waals surface area contributed by atoms with Gasteiger partial charge in [0.05, 0.1) is 10.8 Å². The molecule has 0 atom stereocenters. The second-order valence-electron chi connectivity index (χ2n) is 29.9. The minimum Gasteiger partial charge on any atom is -0.399 e. The highest BCUT2D eigenvalue weighted by molar-refractivity contribution is 7.17. The van der Waals surface area contributed by atoms with Crippen LogP contribution in [0.5, 0.6) is 0 Å². The maximum Gasteiger partial charge on any atom is 0.0714 e. The molecule has 2 nitrogen and oxygen atoms in total. The summed E-state index contributed by atoms with van der Waals surface area (Å²) in [6.45, 7) is 0. The fourth-order valence-electron chi connectivity index (χ4n) is 18.3. The van der Waals surface area contributed by atoms with Crippen LogP contribution in [0.3, 0.4) is 0 Å². The average Bonchev–Trinajstić information content (AvgIpc) is 1.55. The monoisotopic (exact) mass is 1510 g/mol. The van der Waals surface area contributed by atoms with E-state index in [1.54, 1.807) is 0 Å². The standard InChI is InChI=1S/C65H43N.C25H19N.C20H13Cl.CH4.B3.2H2/c1-3-15-52(16-4-1)65(53-17-5-2-6-18-53)63-22-12-11-21-61(63)62-40-37-56(43-64(62)65)66(54-33-27-44(28-34-54)48-31-38-59-50(41-48)25-23-46-13-7-9-19-57(46)59)55-35-29-45(30-36-55)49-32-39-60-51(42-49)26-24-47-14-8-10-20-58(47)60;26-20-15-16-22-21-13-7-8-14-23(21)25(24(22)17-20,18-9-3-1-4-10-18)19-11-5-2-6-12-19;21-18-10-7-14(8-11-18)16-9-12-20-17(13-16)6-5-15-3-1-2-4-19(15)20;;1-3-2;;/h1-43H;1-17H,26H2;1-13H;1H4;;2*1H. The quantitative estimate of drug-likeness (QED) is 0.0840. The van der Waals surface area contributed by atoms with Gasteiger partial charge in [-0.1, -0.05) is 383 Å². The molecule has 0 aromatic heterocycles. The Morgan fingerprint density at radius 1 is 0.239 bits per heavy atom. The van der Waals surface area contributed by atoms with E-state index in [1.807, 2.05) is 18.2 Å². The number of hydrogen-bond donors (Lipinski definition) is 1. The van der Waals surface area contributed by atoms with Crippen molar-refractivity contribution < 1.29 is 2.85 Å². The largest absolute Gasteiger partial charge is 0.399 e. The highest BCUT2D eigenvalue weighted by atomic mass is 35.5. The fraction of sp³-hybridized carbons (Fsp3) is 0.0270. The lowest BCUT2D eigenvalue weighted by molar-refractivity contribution is 0.768. The van der Waals surface area contributed by atoms with Gasteiger partial charge < -0.3 is 10.6 Å². The number of nitrogen functional groups attached to an aromatic ring is 1. The summed E-state index contributed by atoms with van der Waals surface area (Å²) in [7, 11) is 10.0. The molecule has 20 aromatic rings. The molecular formula is C111H83B3ClN2. The van der Waals surface area contributed by atoms with E-state index in [4.69, 9.17) is 17.3 Å². The molecule has 2 aliphatic carbocycles. The van der Waals surface area contributed by atoms with Crippen LogP contribution in [0, 0.1) is 0 Å². The lowest BCUT2D eigenvalue weighted by Gasteiger charge is -2.35. The van der Waals surface area contributed by atoms with Gasteiger partial charge in [0.1, 0.15) is 0 Å². The SMILES string of the molecule is C.Clc1ccc(-c2ccc3c(ccc4ccccc43)c2)cc1.Nc1ccc2c(c1)C(c1ccccc1)(c1ccccc1)c1ccccc1-2.[B][B][B].[HH].[HH].c1ccc(C2(c3ccccc3)c3ccccc3-c3ccc(N(c4ccc(-c5ccc6c(ccc7ccccc76)c5)cc4)c4ccc(-c5ccc6c(ccc7ccccc76)c5)cc4)cc32)cc1. The molecule has 0 spiro atoms. The predicted octanol–water partition coefficient (Wildman–Crippen LogP) is 29.4. The van der Waals surface area contributed by atoms with E-state index in [1.165, 1.54) is 165 Å². The van der Waals surface area contributed by atoms with E-state index in [0.717, 1.165) is 34.8 Å². The number of benzene rings is 20. The van der Waals surface area contributed by atoms with E-state index >= 15 is 0 Å². The summed E-state index contributed by atoms with van der Waals surface area (Å²) in [6, 6.07) is 161. The van der Waals surface area contributed by atoms with Gasteiger partial charge in [-0.3, -0.25) is 0 Å². The number of nitrogens with two attached hydrogens (primary N) is 1. The molecule has 2 aliphatic rings. The summed E-state index contributed by atoms with van der Waals surface area (Å²) in [5.74, 6) is 0. The molecule has 6 heteroatoms. The molecule has 0 saturated carbocycles. The molecule has 2 N–H and O–H groups in total. The Labute approximate surface area is 696 Å². The van der Waals surface area contributed by atoms with E-state index in [0.29, 0.717) is 0 Å². The third-order valence-corrected chi connectivity index (χ3v) is 23.8. The molecule has 553 valence electrons. The molecule has 20 aromatic carbocycles. The number of fused-ring (bicyclic) bond motifs is 15. The van der Waals surface area contributed by atoms with Crippen molar-refractivity contribution >= 4 is 122 Å². The number of rotatable bonds is 10. The number of nitrogens with zero attached hydrogens (tertiary/aromatic N) is 1. The molecule has 117 heavy (non-hydrogen) atoms. The summed E-state index contributed by atoms with van der Waals surface area (Å²) < 4.78 is 0. The maximum absolute atomic E-state index is 6.24. The van der Waals surface area contributed by atoms with Crippen LogP contribution in [-0.2, 0) is 10.8 Å². The minimum absolute atomic E-state index is 0. The van der Waals surface area contributed by atoms with Gasteiger partial charge in [-0.05, 0) is 244 Å². The summed E-state index contributed by atoms with van der Waals surface area (Å²) in [5.41, 5.74) is 32.0. The van der Waals surface area contributed by atoms with Crippen molar-refractivity contribution in [2.24, 2.45) is 0 Å². The van der Waals surface area contributed by atoms with E-state index < -0.39 is 5.41 Å². The highest BCUT2D eigenvalue weighted by Crippen LogP contribution is 2.59. The molecule has 0 saturated heterocycles. The third-order valence-electron chi connectivity index (χ3n) is 23.5. The first kappa shape index (κ1) is 74.5. The van der Waals surface area contributed by atoms with E-state index in [2.05, 4.69) is 445 Å². The summed E-state index contributed by atoms with van der Waals surface area (Å²) in [5, 5.41) is 16.1. The first-order valence-electron chi connectivity index (χ1n) is 39.5. The van der Waals surface area contributed by atoms with Gasteiger partial charge in [0, 0.05) is 53.2 Å². The summed E-state index contributed by atoms with van der Waals surface area (Å²) in [4.78, 5) is 2.43. The maximum atomic E-state index is 6.24. The zero-order valence-corrected chi connectivity index (χ0v) is 64.5. The Hall–Kier alpha value is -14.0. The number of anilines is 4. The second-order valence-corrected chi connectivity index (χ2v) is 30.3. The molecule has 0 fully saturated rings. The van der Waals surface area contributed by atoms with Crippen LogP contribution in [0.1, 0.15) is 54.8 Å². The fourth-order valence-corrected chi connectivity index (χ4v) is 18.4. The van der Waals surface area contributed by atoms with Crippen LogP contribution in [0.4, 0.5) is 22.7 Å². The van der Waals surface area contributed by atoms with Gasteiger partial charge in [-0.2, -0.15) is 0 Å². The summed E-state index contributed by atoms with van der Waals surface area (Å²) in [6.07, 6.45) is 0. The van der Waals surface area contributed by atoms with Crippen molar-refractivity contribution in [2.75, 3.05) is 10.6 Å². The lowest BCUT2D eigenvalue weighted by atomic mass is 9.40. The predicted molar refractivity (Wildman–Crippen MR) is 508 cm³/mol. The normalized spacial score (nSPS) is 12.3. The van der Waals surface area contributed by atoms with Gasteiger partial charge in [0.15, 0.2) is 0 Å². The van der Waals surface area contributed by atoms with Crippen molar-refractivity contribution in [3.05, 3.63) is 492 Å². The minimum atomic E-state index is -0.507. The van der Waals surface area contributed by atoms with Crippen LogP contribution in [-0.4, -0.2) is 22.5 Å². The van der Waals surface area contributed by atoms with Crippen LogP contribution >= 0.6 is 11.6 Å². The van der Waals surface area contributed by atoms with E-state index in [-0.39, 0.29) is 15.7 Å². The first-order valence-corrected chi connectivity index (χ1v) is 39.9. The van der Waals surface area contributed by atoms with Gasteiger partial charge in [-0.15, -0.1) is 0 Å². The zero-order valence-electron chi connectivity index (χ0n) is 63.8. The van der Waals surface area contributed by atoms with Gasteiger partial charge in [-0.25, -0.2) is 0 Å². The Kier molecular flexibility index (Phi) is 20.5. The molecule has 0 bridgehead atoms. The number of hydrogen-bond acceptors (Lipinski definition) is 2. The Morgan fingerprint density at radius 3 is 0.889 bits per heavy atom. The molecule has 22 rings (SSSR count). The Morgan fingerprint density at radius 2 is 0.513 bits per heavy atom.